The van der Waals surface area contributed by atoms with Crippen molar-refractivity contribution in [2.45, 2.75) is 46.1 Å². The van der Waals surface area contributed by atoms with E-state index in [1.807, 2.05) is 39.0 Å². The number of benzene rings is 2. The molecule has 0 bridgehead atoms. The molecule has 0 radical (unpaired) electrons. The van der Waals surface area contributed by atoms with E-state index in [0.29, 0.717) is 0 Å². The summed E-state index contributed by atoms with van der Waals surface area (Å²) in [6.07, 6.45) is 3.16. The quantitative estimate of drug-likeness (QED) is 0.689. The van der Waals surface area contributed by atoms with Gasteiger partial charge in [-0.05, 0) is 37.0 Å². The Morgan fingerprint density at radius 1 is 0.964 bits per heavy atom. The number of halogens is 1. The van der Waals surface area contributed by atoms with Crippen LogP contribution in [0.3, 0.4) is 0 Å². The maximum absolute atomic E-state index is 13.2. The predicted molar refractivity (Wildman–Crippen MR) is 120 cm³/mol. The fraction of sp³-hybridized carbons (Fsp3) is 0.458. The number of rotatable bonds is 5. The lowest BCUT2D eigenvalue weighted by molar-refractivity contribution is -0.126. The summed E-state index contributed by atoms with van der Waals surface area (Å²) in [7, 11) is 0. The third-order valence-electron chi connectivity index (χ3n) is 5.38. The van der Waals surface area contributed by atoms with Gasteiger partial charge in [-0.1, -0.05) is 69.3 Å². The molecule has 3 nitrogen and oxygen atoms in total. The van der Waals surface area contributed by atoms with Gasteiger partial charge in [-0.2, -0.15) is 0 Å². The van der Waals surface area contributed by atoms with E-state index in [0.717, 1.165) is 44.6 Å². The summed E-state index contributed by atoms with van der Waals surface area (Å²) >= 11 is 0. The monoisotopic (exact) mass is 400 g/mol. The zero-order valence-electron chi connectivity index (χ0n) is 17.3. The zero-order valence-corrected chi connectivity index (χ0v) is 18.1. The van der Waals surface area contributed by atoms with Gasteiger partial charge in [0.05, 0.1) is 0 Å². The molecule has 2 aromatic rings. The average molecular weight is 401 g/mol. The molecular formula is C24H33ClN2O. The molecule has 2 aromatic carbocycles. The summed E-state index contributed by atoms with van der Waals surface area (Å²) in [6.45, 7) is 9.24. The van der Waals surface area contributed by atoms with E-state index >= 15 is 0 Å². The molecule has 1 fully saturated rings. The van der Waals surface area contributed by atoms with Gasteiger partial charge in [-0.25, -0.2) is 0 Å². The first-order valence-corrected chi connectivity index (χ1v) is 10.1. The number of nitrogens with zero attached hydrogens (tertiary/aromatic N) is 2. The summed E-state index contributed by atoms with van der Waals surface area (Å²) in [6, 6.07) is 21.1. The number of anilines is 1. The van der Waals surface area contributed by atoms with Crippen LogP contribution < -0.4 is 4.90 Å². The number of para-hydroxylation sites is 1. The summed E-state index contributed by atoms with van der Waals surface area (Å²) < 4.78 is 0. The van der Waals surface area contributed by atoms with Crippen LogP contribution in [0, 0.1) is 5.41 Å². The van der Waals surface area contributed by atoms with Gasteiger partial charge in [0.1, 0.15) is 0 Å². The Hall–Kier alpha value is -1.84. The molecule has 0 unspecified atom stereocenters. The number of carbonyl (C=O) groups is 1. The molecule has 1 amide bonds. The lowest BCUT2D eigenvalue weighted by Crippen LogP contribution is -2.51. The van der Waals surface area contributed by atoms with Crippen molar-refractivity contribution in [2.75, 3.05) is 24.5 Å². The van der Waals surface area contributed by atoms with Crippen molar-refractivity contribution < 1.29 is 4.79 Å². The fourth-order valence-electron chi connectivity index (χ4n) is 3.78. The Balaban J connectivity index is 0.00000280. The van der Waals surface area contributed by atoms with E-state index < -0.39 is 0 Å². The van der Waals surface area contributed by atoms with Gasteiger partial charge in [0.2, 0.25) is 5.91 Å². The molecule has 0 N–H and O–H groups in total. The van der Waals surface area contributed by atoms with Gasteiger partial charge in [0.25, 0.3) is 0 Å². The molecule has 3 rings (SSSR count). The molecule has 152 valence electrons. The second-order valence-corrected chi connectivity index (χ2v) is 8.57. The summed E-state index contributed by atoms with van der Waals surface area (Å²) in [5.41, 5.74) is 2.05. The fourth-order valence-corrected chi connectivity index (χ4v) is 3.78. The minimum absolute atomic E-state index is 0. The van der Waals surface area contributed by atoms with Crippen molar-refractivity contribution in [3.05, 3.63) is 66.2 Å². The van der Waals surface area contributed by atoms with Crippen molar-refractivity contribution in [2.24, 2.45) is 5.41 Å². The summed E-state index contributed by atoms with van der Waals surface area (Å²) in [4.78, 5) is 17.8. The standard InChI is InChI=1S/C24H32N2O.ClH/c1-24(2,3)23(27)26(21-12-8-5-9-13-21)22-15-18-25(19-16-22)17-14-20-10-6-4-7-11-20;/h4-13,22H,14-19H2,1-3H3;1H. The van der Waals surface area contributed by atoms with Crippen LogP contribution in [0.1, 0.15) is 39.2 Å². The SMILES string of the molecule is CC(C)(C)C(=O)N(c1ccccc1)C1CCN(CCc2ccccc2)CC1.Cl. The van der Waals surface area contributed by atoms with E-state index in [1.165, 1.54) is 5.56 Å². The predicted octanol–water partition coefficient (Wildman–Crippen LogP) is 5.19. The number of amides is 1. The van der Waals surface area contributed by atoms with Crippen molar-refractivity contribution in [3.8, 4) is 0 Å². The van der Waals surface area contributed by atoms with Crippen LogP contribution in [0.4, 0.5) is 5.69 Å². The van der Waals surface area contributed by atoms with Crippen LogP contribution in [-0.2, 0) is 11.2 Å². The second-order valence-electron chi connectivity index (χ2n) is 8.57. The highest BCUT2D eigenvalue weighted by atomic mass is 35.5. The second kappa shape index (κ2) is 10.1. The smallest absolute Gasteiger partial charge is 0.232 e. The van der Waals surface area contributed by atoms with Crippen molar-refractivity contribution in [1.29, 1.82) is 0 Å². The van der Waals surface area contributed by atoms with E-state index in [-0.39, 0.29) is 29.8 Å². The summed E-state index contributed by atoms with van der Waals surface area (Å²) in [5.74, 6) is 0.219. The highest BCUT2D eigenvalue weighted by Crippen LogP contribution is 2.29. The highest BCUT2D eigenvalue weighted by molar-refractivity contribution is 5.97. The first-order valence-electron chi connectivity index (χ1n) is 10.1. The first kappa shape index (κ1) is 22.4. The molecule has 1 aliphatic heterocycles. The molecule has 0 aliphatic carbocycles. The van der Waals surface area contributed by atoms with Crippen molar-refractivity contribution in [3.63, 3.8) is 0 Å². The third-order valence-corrected chi connectivity index (χ3v) is 5.38. The highest BCUT2D eigenvalue weighted by Gasteiger charge is 2.34. The van der Waals surface area contributed by atoms with Gasteiger partial charge in [0.15, 0.2) is 0 Å². The Kier molecular flexibility index (Phi) is 8.09. The Morgan fingerprint density at radius 3 is 2.04 bits per heavy atom. The minimum atomic E-state index is -0.375. The van der Waals surface area contributed by atoms with Gasteiger partial charge >= 0.3 is 0 Å². The van der Waals surface area contributed by atoms with Crippen LogP contribution in [0.5, 0.6) is 0 Å². The number of likely N-dealkylation sites (tertiary alicyclic amines) is 1. The van der Waals surface area contributed by atoms with Crippen LogP contribution in [0.25, 0.3) is 0 Å². The van der Waals surface area contributed by atoms with Gasteiger partial charge in [-0.15, -0.1) is 12.4 Å². The number of hydrogen-bond donors (Lipinski definition) is 0. The van der Waals surface area contributed by atoms with E-state index in [2.05, 4.69) is 52.3 Å². The average Bonchev–Trinajstić information content (AvgIpc) is 2.68. The normalized spacial score (nSPS) is 15.7. The van der Waals surface area contributed by atoms with E-state index in [1.54, 1.807) is 0 Å². The van der Waals surface area contributed by atoms with Crippen LogP contribution in [0.2, 0.25) is 0 Å². The van der Waals surface area contributed by atoms with Crippen LogP contribution >= 0.6 is 12.4 Å². The maximum Gasteiger partial charge on any atom is 0.232 e. The zero-order chi connectivity index (χ0) is 19.3. The topological polar surface area (TPSA) is 23.6 Å². The molecular weight excluding hydrogens is 368 g/mol. The number of carbonyl (C=O) groups excluding carboxylic acids is 1. The van der Waals surface area contributed by atoms with Crippen LogP contribution in [0.15, 0.2) is 60.7 Å². The molecule has 0 atom stereocenters. The van der Waals surface area contributed by atoms with Gasteiger partial charge < -0.3 is 9.80 Å². The molecule has 0 saturated carbocycles. The molecule has 1 heterocycles. The Labute approximate surface area is 176 Å². The lowest BCUT2D eigenvalue weighted by Gasteiger charge is -2.41. The molecule has 1 saturated heterocycles. The molecule has 4 heteroatoms. The van der Waals surface area contributed by atoms with Crippen molar-refractivity contribution >= 4 is 24.0 Å². The Morgan fingerprint density at radius 2 is 1.50 bits per heavy atom. The number of hydrogen-bond acceptors (Lipinski definition) is 2. The van der Waals surface area contributed by atoms with Gasteiger partial charge in [0, 0.05) is 36.8 Å². The molecule has 28 heavy (non-hydrogen) atoms. The molecule has 0 spiro atoms. The largest absolute Gasteiger partial charge is 0.309 e. The Bertz CT molecular complexity index is 719. The van der Waals surface area contributed by atoms with E-state index in [9.17, 15) is 4.79 Å². The minimum Gasteiger partial charge on any atom is -0.309 e. The third kappa shape index (κ3) is 5.83. The molecule has 0 aromatic heterocycles. The van der Waals surface area contributed by atoms with Crippen LogP contribution in [-0.4, -0.2) is 36.5 Å². The van der Waals surface area contributed by atoms with Gasteiger partial charge in [-0.3, -0.25) is 4.79 Å². The first-order chi connectivity index (χ1) is 12.9. The summed E-state index contributed by atoms with van der Waals surface area (Å²) in [5, 5.41) is 0. The van der Waals surface area contributed by atoms with E-state index in [4.69, 9.17) is 0 Å². The molecule has 1 aliphatic rings. The lowest BCUT2D eigenvalue weighted by atomic mass is 9.91. The van der Waals surface area contributed by atoms with Crippen molar-refractivity contribution in [1.82, 2.24) is 4.90 Å². The number of piperidine rings is 1. The maximum atomic E-state index is 13.2.